The van der Waals surface area contributed by atoms with Gasteiger partial charge in [-0.3, -0.25) is 4.79 Å². The summed E-state index contributed by atoms with van der Waals surface area (Å²) in [6.07, 6.45) is 1.27. The Balaban J connectivity index is 2.33. The number of carboxylic acids is 1. The van der Waals surface area contributed by atoms with E-state index in [1.165, 1.54) is 31.2 Å². The fourth-order valence-electron chi connectivity index (χ4n) is 2.32. The number of amides is 1. The highest BCUT2D eigenvalue weighted by atomic mass is 35.5. The van der Waals surface area contributed by atoms with E-state index in [0.29, 0.717) is 17.9 Å². The van der Waals surface area contributed by atoms with Crippen molar-refractivity contribution >= 4 is 29.6 Å². The van der Waals surface area contributed by atoms with Crippen molar-refractivity contribution in [1.82, 2.24) is 5.32 Å². The zero-order valence-corrected chi connectivity index (χ0v) is 16.0. The van der Waals surface area contributed by atoms with E-state index in [9.17, 15) is 19.1 Å². The average Bonchev–Trinajstić information content (AvgIpc) is 2.62. The van der Waals surface area contributed by atoms with E-state index in [1.807, 2.05) is 0 Å². The van der Waals surface area contributed by atoms with E-state index < -0.39 is 11.9 Å². The first-order valence-corrected chi connectivity index (χ1v) is 8.74. The lowest BCUT2D eigenvalue weighted by Gasteiger charge is -2.15. The van der Waals surface area contributed by atoms with Crippen LogP contribution in [0.3, 0.4) is 0 Å². The number of carboxylic acid groups (broad SMARTS) is 1. The SMILES string of the molecule is CCOc1cc(/C=C(/NC(C)=O)C(=O)O)cc(Cl)c1OCc1ccc(F)cc1. The van der Waals surface area contributed by atoms with Crippen LogP contribution in [0.25, 0.3) is 6.08 Å². The lowest BCUT2D eigenvalue weighted by atomic mass is 10.1. The molecule has 6 nitrogen and oxygen atoms in total. The Morgan fingerprint density at radius 2 is 1.89 bits per heavy atom. The van der Waals surface area contributed by atoms with Gasteiger partial charge in [0.25, 0.3) is 0 Å². The molecule has 1 amide bonds. The van der Waals surface area contributed by atoms with E-state index in [4.69, 9.17) is 21.1 Å². The first kappa shape index (κ1) is 21.2. The standard InChI is InChI=1S/C20H19ClFNO5/c1-3-27-18-10-14(9-17(20(25)26)23-12(2)24)8-16(21)19(18)28-11-13-4-6-15(22)7-5-13/h4-10H,3,11H2,1-2H3,(H,23,24)(H,25,26)/b17-9+. The molecule has 0 aromatic heterocycles. The molecule has 0 unspecified atom stereocenters. The van der Waals surface area contributed by atoms with Gasteiger partial charge in [0.1, 0.15) is 18.1 Å². The summed E-state index contributed by atoms with van der Waals surface area (Å²) in [6, 6.07) is 8.88. The number of rotatable bonds is 8. The zero-order chi connectivity index (χ0) is 20.7. The Bertz CT molecular complexity index is 896. The molecule has 0 aliphatic heterocycles. The molecule has 8 heteroatoms. The van der Waals surface area contributed by atoms with Crippen LogP contribution >= 0.6 is 11.6 Å². The quantitative estimate of drug-likeness (QED) is 0.645. The summed E-state index contributed by atoms with van der Waals surface area (Å²) in [4.78, 5) is 22.5. The fourth-order valence-corrected chi connectivity index (χ4v) is 2.59. The maximum absolute atomic E-state index is 13.0. The number of halogens is 2. The molecule has 0 aliphatic rings. The molecular weight excluding hydrogens is 389 g/mol. The highest BCUT2D eigenvalue weighted by Crippen LogP contribution is 2.37. The average molecular weight is 408 g/mol. The molecule has 2 rings (SSSR count). The van der Waals surface area contributed by atoms with Gasteiger partial charge in [0.05, 0.1) is 11.6 Å². The van der Waals surface area contributed by atoms with Crippen molar-refractivity contribution in [2.45, 2.75) is 20.5 Å². The molecule has 2 aromatic rings. The molecule has 0 saturated heterocycles. The first-order chi connectivity index (χ1) is 13.3. The first-order valence-electron chi connectivity index (χ1n) is 8.36. The molecule has 0 fully saturated rings. The molecule has 0 spiro atoms. The van der Waals surface area contributed by atoms with E-state index >= 15 is 0 Å². The van der Waals surface area contributed by atoms with E-state index in [-0.39, 0.29) is 28.9 Å². The lowest BCUT2D eigenvalue weighted by Crippen LogP contribution is -2.24. The second kappa shape index (κ2) is 9.75. The maximum Gasteiger partial charge on any atom is 0.352 e. The molecule has 0 atom stereocenters. The molecule has 2 N–H and O–H groups in total. The third-order valence-electron chi connectivity index (χ3n) is 3.48. The zero-order valence-electron chi connectivity index (χ0n) is 15.3. The van der Waals surface area contributed by atoms with Gasteiger partial charge < -0.3 is 19.9 Å². The molecular formula is C20H19ClFNO5. The van der Waals surface area contributed by atoms with E-state index in [1.54, 1.807) is 25.1 Å². The predicted octanol–water partition coefficient (Wildman–Crippen LogP) is 4.02. The summed E-state index contributed by atoms with van der Waals surface area (Å²) in [6.45, 7) is 3.46. The number of benzene rings is 2. The minimum absolute atomic E-state index is 0.140. The number of aliphatic carboxylic acids is 1. The smallest absolute Gasteiger partial charge is 0.352 e. The molecule has 0 heterocycles. The molecule has 0 saturated carbocycles. The van der Waals surface area contributed by atoms with Gasteiger partial charge >= 0.3 is 5.97 Å². The van der Waals surface area contributed by atoms with E-state index in [2.05, 4.69) is 5.32 Å². The summed E-state index contributed by atoms with van der Waals surface area (Å²) in [5, 5.41) is 11.7. The molecule has 28 heavy (non-hydrogen) atoms. The predicted molar refractivity (Wildman–Crippen MR) is 103 cm³/mol. The second-order valence-corrected chi connectivity index (χ2v) is 6.13. The van der Waals surface area contributed by atoms with Crippen molar-refractivity contribution in [2.24, 2.45) is 0 Å². The van der Waals surface area contributed by atoms with Gasteiger partial charge in [-0.1, -0.05) is 23.7 Å². The summed E-state index contributed by atoms with van der Waals surface area (Å²) in [7, 11) is 0. The monoisotopic (exact) mass is 407 g/mol. The van der Waals surface area contributed by atoms with Crippen molar-refractivity contribution < 1.29 is 28.6 Å². The van der Waals surface area contributed by atoms with Gasteiger partial charge in [-0.2, -0.15) is 0 Å². The fraction of sp³-hybridized carbons (Fsp3) is 0.200. The van der Waals surface area contributed by atoms with Crippen LogP contribution in [-0.4, -0.2) is 23.6 Å². The number of hydrogen-bond acceptors (Lipinski definition) is 4. The Kier molecular flexibility index (Phi) is 7.40. The van der Waals surface area contributed by atoms with Crippen molar-refractivity contribution in [1.29, 1.82) is 0 Å². The largest absolute Gasteiger partial charge is 0.490 e. The van der Waals surface area contributed by atoms with Gasteiger partial charge in [-0.15, -0.1) is 0 Å². The van der Waals surface area contributed by atoms with Crippen LogP contribution in [0.15, 0.2) is 42.1 Å². The number of carbonyl (C=O) groups is 2. The van der Waals surface area contributed by atoms with Gasteiger partial charge in [0.15, 0.2) is 11.5 Å². The van der Waals surface area contributed by atoms with E-state index in [0.717, 1.165) is 5.56 Å². The third kappa shape index (κ3) is 5.99. The van der Waals surface area contributed by atoms with Crippen molar-refractivity contribution in [3.05, 3.63) is 64.1 Å². The summed E-state index contributed by atoms with van der Waals surface area (Å²) in [5.74, 6) is -1.55. The molecule has 148 valence electrons. The van der Waals surface area contributed by atoms with Gasteiger partial charge in [0.2, 0.25) is 5.91 Å². The highest BCUT2D eigenvalue weighted by Gasteiger charge is 2.15. The Hall–Kier alpha value is -3.06. The molecule has 2 aromatic carbocycles. The normalized spacial score (nSPS) is 11.1. The van der Waals surface area contributed by atoms with Crippen LogP contribution in [0.1, 0.15) is 25.0 Å². The number of ether oxygens (including phenoxy) is 2. The Labute approximate surface area is 166 Å². The summed E-state index contributed by atoms with van der Waals surface area (Å²) >= 11 is 6.30. The summed E-state index contributed by atoms with van der Waals surface area (Å²) < 4.78 is 24.3. The van der Waals surface area contributed by atoms with Crippen LogP contribution in [0.2, 0.25) is 5.02 Å². The van der Waals surface area contributed by atoms with Crippen LogP contribution < -0.4 is 14.8 Å². The van der Waals surface area contributed by atoms with Crippen molar-refractivity contribution in [3.8, 4) is 11.5 Å². The van der Waals surface area contributed by atoms with Gasteiger partial charge in [-0.05, 0) is 48.4 Å². The van der Waals surface area contributed by atoms with Crippen LogP contribution in [0, 0.1) is 5.82 Å². The van der Waals surface area contributed by atoms with Gasteiger partial charge in [0, 0.05) is 6.92 Å². The molecule has 0 bridgehead atoms. The van der Waals surface area contributed by atoms with Crippen LogP contribution in [0.4, 0.5) is 4.39 Å². The maximum atomic E-state index is 13.0. The van der Waals surface area contributed by atoms with Crippen LogP contribution in [-0.2, 0) is 16.2 Å². The van der Waals surface area contributed by atoms with Crippen molar-refractivity contribution in [3.63, 3.8) is 0 Å². The summed E-state index contributed by atoms with van der Waals surface area (Å²) in [5.41, 5.74) is 0.849. The number of hydrogen-bond donors (Lipinski definition) is 2. The third-order valence-corrected chi connectivity index (χ3v) is 3.76. The highest BCUT2D eigenvalue weighted by molar-refractivity contribution is 6.32. The van der Waals surface area contributed by atoms with Gasteiger partial charge in [-0.25, -0.2) is 9.18 Å². The number of carbonyl (C=O) groups excluding carboxylic acids is 1. The second-order valence-electron chi connectivity index (χ2n) is 5.72. The Morgan fingerprint density at radius 3 is 2.46 bits per heavy atom. The van der Waals surface area contributed by atoms with Crippen LogP contribution in [0.5, 0.6) is 11.5 Å². The minimum atomic E-state index is -1.29. The molecule has 0 radical (unpaired) electrons. The minimum Gasteiger partial charge on any atom is -0.490 e. The topological polar surface area (TPSA) is 84.9 Å². The lowest BCUT2D eigenvalue weighted by molar-refractivity contribution is -0.134. The van der Waals surface area contributed by atoms with Crippen molar-refractivity contribution in [2.75, 3.05) is 6.61 Å². The number of nitrogens with one attached hydrogen (secondary N) is 1. The molecule has 0 aliphatic carbocycles. The Morgan fingerprint density at radius 1 is 1.21 bits per heavy atom.